The fraction of sp³-hybridized carbons (Fsp3) is 0.412. The number of piperidine rings is 1. The molecule has 1 atom stereocenters. The van der Waals surface area contributed by atoms with Gasteiger partial charge in [0.2, 0.25) is 5.88 Å². The van der Waals surface area contributed by atoms with Gasteiger partial charge in [-0.05, 0) is 37.8 Å². The Bertz CT molecular complexity index is 617. The van der Waals surface area contributed by atoms with E-state index in [0.717, 1.165) is 24.5 Å². The Morgan fingerprint density at radius 1 is 1.23 bits per heavy atom. The van der Waals surface area contributed by atoms with E-state index in [1.807, 2.05) is 30.3 Å². The number of para-hydroxylation sites is 1. The molecule has 0 radical (unpaired) electrons. The van der Waals surface area contributed by atoms with Crippen molar-refractivity contribution in [2.75, 3.05) is 17.2 Å². The molecule has 2 aromatic rings. The van der Waals surface area contributed by atoms with E-state index in [0.29, 0.717) is 17.6 Å². The average Bonchev–Trinajstić information content (AvgIpc) is 2.58. The van der Waals surface area contributed by atoms with Gasteiger partial charge in [-0.1, -0.05) is 25.1 Å². The van der Waals surface area contributed by atoms with Crippen LogP contribution in [0, 0.1) is 0 Å². The largest absolute Gasteiger partial charge is 0.437 e. The van der Waals surface area contributed by atoms with Gasteiger partial charge in [0.1, 0.15) is 17.8 Å². The number of hydrogen-bond donors (Lipinski definition) is 1. The van der Waals surface area contributed by atoms with Gasteiger partial charge in [0, 0.05) is 12.6 Å². The minimum absolute atomic E-state index is 0.427. The van der Waals surface area contributed by atoms with Gasteiger partial charge >= 0.3 is 0 Å². The number of hydrogen-bond acceptors (Lipinski definition) is 5. The topological polar surface area (TPSA) is 64.3 Å². The van der Waals surface area contributed by atoms with Gasteiger partial charge in [0.15, 0.2) is 5.82 Å². The summed E-state index contributed by atoms with van der Waals surface area (Å²) in [7, 11) is 0. The number of nitrogens with zero attached hydrogens (tertiary/aromatic N) is 3. The zero-order valence-electron chi connectivity index (χ0n) is 12.9. The molecule has 116 valence electrons. The molecule has 2 heterocycles. The van der Waals surface area contributed by atoms with Gasteiger partial charge in [0.25, 0.3) is 0 Å². The summed E-state index contributed by atoms with van der Waals surface area (Å²) in [4.78, 5) is 10.9. The lowest BCUT2D eigenvalue weighted by molar-refractivity contribution is 0.442. The van der Waals surface area contributed by atoms with Gasteiger partial charge in [0.05, 0.1) is 0 Å². The zero-order chi connectivity index (χ0) is 15.4. The quantitative estimate of drug-likeness (QED) is 0.934. The highest BCUT2D eigenvalue weighted by molar-refractivity contribution is 5.68. The predicted molar refractivity (Wildman–Crippen MR) is 88.2 cm³/mol. The standard InChI is InChI=1S/C17H22N4O/c1-2-13-8-6-7-11-21(13)16-15(18)17(20-12-19-16)22-14-9-4-3-5-10-14/h3-5,9-10,12-13H,2,6-8,11,18H2,1H3. The molecule has 1 aromatic heterocycles. The highest BCUT2D eigenvalue weighted by atomic mass is 16.5. The summed E-state index contributed by atoms with van der Waals surface area (Å²) >= 11 is 0. The smallest absolute Gasteiger partial charge is 0.248 e. The van der Waals surface area contributed by atoms with Gasteiger partial charge in [-0.2, -0.15) is 4.98 Å². The molecule has 5 nitrogen and oxygen atoms in total. The van der Waals surface area contributed by atoms with Crippen LogP contribution in [0.1, 0.15) is 32.6 Å². The molecular weight excluding hydrogens is 276 g/mol. The average molecular weight is 298 g/mol. The van der Waals surface area contributed by atoms with Crippen molar-refractivity contribution in [1.29, 1.82) is 0 Å². The third kappa shape index (κ3) is 2.98. The molecule has 1 aromatic carbocycles. The predicted octanol–water partition coefficient (Wildman–Crippen LogP) is 3.62. The molecule has 1 saturated heterocycles. The first-order valence-corrected chi connectivity index (χ1v) is 7.89. The highest BCUT2D eigenvalue weighted by Crippen LogP contribution is 2.34. The van der Waals surface area contributed by atoms with Gasteiger partial charge < -0.3 is 15.4 Å². The fourth-order valence-corrected chi connectivity index (χ4v) is 2.98. The minimum Gasteiger partial charge on any atom is -0.437 e. The maximum absolute atomic E-state index is 6.29. The molecule has 5 heteroatoms. The van der Waals surface area contributed by atoms with Gasteiger partial charge in [-0.25, -0.2) is 4.98 Å². The molecule has 2 N–H and O–H groups in total. The normalized spacial score (nSPS) is 18.2. The molecule has 0 aliphatic carbocycles. The van der Waals surface area contributed by atoms with Crippen LogP contribution in [-0.4, -0.2) is 22.6 Å². The molecule has 1 fully saturated rings. The van der Waals surface area contributed by atoms with E-state index in [-0.39, 0.29) is 0 Å². The Hall–Kier alpha value is -2.30. The van der Waals surface area contributed by atoms with Crippen LogP contribution >= 0.6 is 0 Å². The van der Waals surface area contributed by atoms with Crippen molar-refractivity contribution in [2.45, 2.75) is 38.6 Å². The Kier molecular flexibility index (Phi) is 4.42. The Morgan fingerprint density at radius 2 is 2.05 bits per heavy atom. The number of anilines is 2. The van der Waals surface area contributed by atoms with Crippen molar-refractivity contribution in [3.8, 4) is 11.6 Å². The summed E-state index contributed by atoms with van der Waals surface area (Å²) < 4.78 is 5.81. The summed E-state index contributed by atoms with van der Waals surface area (Å²) in [5.74, 6) is 1.95. The maximum Gasteiger partial charge on any atom is 0.248 e. The van der Waals surface area contributed by atoms with E-state index in [9.17, 15) is 0 Å². The van der Waals surface area contributed by atoms with Gasteiger partial charge in [-0.3, -0.25) is 0 Å². The lowest BCUT2D eigenvalue weighted by atomic mass is 10.00. The van der Waals surface area contributed by atoms with Crippen molar-refractivity contribution in [2.24, 2.45) is 0 Å². The molecule has 0 spiro atoms. The van der Waals surface area contributed by atoms with Crippen molar-refractivity contribution in [3.63, 3.8) is 0 Å². The second-order valence-corrected chi connectivity index (χ2v) is 5.58. The number of aromatic nitrogens is 2. The zero-order valence-corrected chi connectivity index (χ0v) is 12.9. The Balaban J connectivity index is 1.88. The highest BCUT2D eigenvalue weighted by Gasteiger charge is 2.25. The van der Waals surface area contributed by atoms with E-state index in [1.165, 1.54) is 25.6 Å². The number of ether oxygens (including phenoxy) is 1. The Labute approximate surface area is 131 Å². The third-order valence-electron chi connectivity index (χ3n) is 4.15. The van der Waals surface area contributed by atoms with E-state index in [4.69, 9.17) is 10.5 Å². The fourth-order valence-electron chi connectivity index (χ4n) is 2.98. The monoisotopic (exact) mass is 298 g/mol. The first-order valence-electron chi connectivity index (χ1n) is 7.89. The number of nitrogen functional groups attached to an aromatic ring is 1. The summed E-state index contributed by atoms with van der Waals surface area (Å²) in [5.41, 5.74) is 6.81. The molecule has 0 bridgehead atoms. The lowest BCUT2D eigenvalue weighted by Crippen LogP contribution is -2.40. The van der Waals surface area contributed by atoms with Crippen molar-refractivity contribution >= 4 is 11.5 Å². The summed E-state index contributed by atoms with van der Waals surface area (Å²) in [6.45, 7) is 3.20. The maximum atomic E-state index is 6.29. The molecule has 0 saturated carbocycles. The van der Waals surface area contributed by atoms with Gasteiger partial charge in [-0.15, -0.1) is 0 Å². The summed E-state index contributed by atoms with van der Waals surface area (Å²) in [6.07, 6.45) is 6.26. The number of rotatable bonds is 4. The van der Waals surface area contributed by atoms with E-state index in [2.05, 4.69) is 21.8 Å². The molecule has 0 amide bonds. The van der Waals surface area contributed by atoms with Crippen LogP contribution in [0.3, 0.4) is 0 Å². The van der Waals surface area contributed by atoms with Crippen LogP contribution in [0.4, 0.5) is 11.5 Å². The number of benzene rings is 1. The van der Waals surface area contributed by atoms with E-state index >= 15 is 0 Å². The molecule has 22 heavy (non-hydrogen) atoms. The van der Waals surface area contributed by atoms with E-state index < -0.39 is 0 Å². The molecule has 3 rings (SSSR count). The molecule has 1 aliphatic rings. The summed E-state index contributed by atoms with van der Waals surface area (Å²) in [5, 5.41) is 0. The van der Waals surface area contributed by atoms with Crippen LogP contribution in [0.15, 0.2) is 36.7 Å². The molecule has 1 unspecified atom stereocenters. The number of nitrogens with two attached hydrogens (primary N) is 1. The minimum atomic E-state index is 0.427. The van der Waals surface area contributed by atoms with Crippen LogP contribution in [-0.2, 0) is 0 Å². The molecule has 1 aliphatic heterocycles. The van der Waals surface area contributed by atoms with Crippen molar-refractivity contribution < 1.29 is 4.74 Å². The SMILES string of the molecule is CCC1CCCCN1c1ncnc(Oc2ccccc2)c1N. The van der Waals surface area contributed by atoms with Crippen LogP contribution in [0.5, 0.6) is 11.6 Å². The lowest BCUT2D eigenvalue weighted by Gasteiger charge is -2.36. The summed E-state index contributed by atoms with van der Waals surface area (Å²) in [6, 6.07) is 10.1. The van der Waals surface area contributed by atoms with Crippen LogP contribution in [0.2, 0.25) is 0 Å². The van der Waals surface area contributed by atoms with E-state index in [1.54, 1.807) is 0 Å². The first-order chi connectivity index (χ1) is 10.8. The second-order valence-electron chi connectivity index (χ2n) is 5.58. The third-order valence-corrected chi connectivity index (χ3v) is 4.15. The van der Waals surface area contributed by atoms with Crippen molar-refractivity contribution in [1.82, 2.24) is 9.97 Å². The Morgan fingerprint density at radius 3 is 2.82 bits per heavy atom. The second kappa shape index (κ2) is 6.64. The first kappa shape index (κ1) is 14.6. The van der Waals surface area contributed by atoms with Crippen LogP contribution < -0.4 is 15.4 Å². The van der Waals surface area contributed by atoms with Crippen LogP contribution in [0.25, 0.3) is 0 Å². The molecular formula is C17H22N4O. The van der Waals surface area contributed by atoms with Crippen molar-refractivity contribution in [3.05, 3.63) is 36.7 Å².